The standard InChI is InChI=1S/C33H27FN4O4S/c1-4-42-32(40)28-20(2)35-33-38(30(28)22-12-16-26(41-3)17-13-22)31(39)27(43-33)18-23-19-37(25-8-6-5-7-9-25)36-29(23)21-10-14-24(34)15-11-21/h5-19,30H,4H2,1-3H3. The SMILES string of the molecule is CCOC(=O)C1=C(C)N=c2sc(=Cc3cn(-c4ccccc4)nc3-c3ccc(F)cc3)c(=O)n2C1c1ccc(OC)cc1. The number of hydrogen-bond acceptors (Lipinski definition) is 7. The molecule has 0 N–H and O–H groups in total. The Bertz CT molecular complexity index is 2030. The molecule has 8 nitrogen and oxygen atoms in total. The number of methoxy groups -OCH3 is 1. The predicted octanol–water partition coefficient (Wildman–Crippen LogP) is 4.80. The van der Waals surface area contributed by atoms with Gasteiger partial charge in [0.25, 0.3) is 5.56 Å². The van der Waals surface area contributed by atoms with E-state index in [4.69, 9.17) is 14.6 Å². The molecule has 43 heavy (non-hydrogen) atoms. The molecule has 0 aliphatic carbocycles. The van der Waals surface area contributed by atoms with Crippen LogP contribution in [-0.2, 0) is 9.53 Å². The first kappa shape index (κ1) is 28.0. The minimum absolute atomic E-state index is 0.187. The van der Waals surface area contributed by atoms with Gasteiger partial charge in [0.2, 0.25) is 0 Å². The van der Waals surface area contributed by atoms with Crippen molar-refractivity contribution in [3.05, 3.63) is 133 Å². The fourth-order valence-corrected chi connectivity index (χ4v) is 6.11. The zero-order chi connectivity index (χ0) is 30.1. The van der Waals surface area contributed by atoms with Gasteiger partial charge in [-0.3, -0.25) is 9.36 Å². The smallest absolute Gasteiger partial charge is 0.338 e. The molecular weight excluding hydrogens is 567 g/mol. The van der Waals surface area contributed by atoms with Crippen LogP contribution in [0, 0.1) is 5.82 Å². The maximum atomic E-state index is 14.1. The van der Waals surface area contributed by atoms with E-state index in [1.807, 2.05) is 48.7 Å². The van der Waals surface area contributed by atoms with Crippen molar-refractivity contribution in [3.63, 3.8) is 0 Å². The van der Waals surface area contributed by atoms with E-state index < -0.39 is 12.0 Å². The van der Waals surface area contributed by atoms with Crippen molar-refractivity contribution in [1.82, 2.24) is 14.3 Å². The van der Waals surface area contributed by atoms with E-state index in [2.05, 4.69) is 4.99 Å². The van der Waals surface area contributed by atoms with E-state index in [-0.39, 0.29) is 18.0 Å². The van der Waals surface area contributed by atoms with Crippen LogP contribution in [0.15, 0.2) is 106 Å². The fourth-order valence-electron chi connectivity index (χ4n) is 5.07. The van der Waals surface area contributed by atoms with Crippen LogP contribution in [-0.4, -0.2) is 34.0 Å². The van der Waals surface area contributed by atoms with Crippen molar-refractivity contribution in [3.8, 4) is 22.7 Å². The van der Waals surface area contributed by atoms with Crippen LogP contribution in [0.25, 0.3) is 23.0 Å². The summed E-state index contributed by atoms with van der Waals surface area (Å²) in [6.45, 7) is 3.67. The van der Waals surface area contributed by atoms with E-state index in [9.17, 15) is 14.0 Å². The summed E-state index contributed by atoms with van der Waals surface area (Å²) in [5.74, 6) is -0.229. The average Bonchev–Trinajstić information content (AvgIpc) is 3.58. The third-order valence-corrected chi connectivity index (χ3v) is 8.10. The van der Waals surface area contributed by atoms with Gasteiger partial charge in [-0.1, -0.05) is 41.7 Å². The number of esters is 1. The van der Waals surface area contributed by atoms with Gasteiger partial charge in [0, 0.05) is 17.3 Å². The highest BCUT2D eigenvalue weighted by Gasteiger charge is 2.33. The molecule has 1 atom stereocenters. The molecule has 5 aromatic rings. The topological polar surface area (TPSA) is 87.7 Å². The molecule has 10 heteroatoms. The van der Waals surface area contributed by atoms with E-state index in [0.29, 0.717) is 43.2 Å². The van der Waals surface area contributed by atoms with Gasteiger partial charge in [-0.05, 0) is 74.0 Å². The summed E-state index contributed by atoms with van der Waals surface area (Å²) in [5, 5.41) is 4.79. The molecule has 0 amide bonds. The molecule has 1 unspecified atom stereocenters. The Morgan fingerprint density at radius 1 is 1.05 bits per heavy atom. The first-order chi connectivity index (χ1) is 20.9. The molecule has 0 radical (unpaired) electrons. The number of carbonyl (C=O) groups excluding carboxylic acids is 1. The van der Waals surface area contributed by atoms with Gasteiger partial charge in [-0.25, -0.2) is 18.9 Å². The summed E-state index contributed by atoms with van der Waals surface area (Å²) < 4.78 is 28.1. The number of halogens is 1. The lowest BCUT2D eigenvalue weighted by Crippen LogP contribution is -2.39. The lowest BCUT2D eigenvalue weighted by atomic mass is 9.96. The van der Waals surface area contributed by atoms with E-state index in [0.717, 1.165) is 11.3 Å². The zero-order valence-electron chi connectivity index (χ0n) is 23.7. The first-order valence-corrected chi connectivity index (χ1v) is 14.4. The molecule has 3 heterocycles. The molecule has 2 aromatic heterocycles. The summed E-state index contributed by atoms with van der Waals surface area (Å²) >= 11 is 1.23. The molecule has 0 saturated carbocycles. The first-order valence-electron chi connectivity index (χ1n) is 13.6. The van der Waals surface area contributed by atoms with Crippen LogP contribution in [0.5, 0.6) is 5.75 Å². The molecule has 3 aromatic carbocycles. The van der Waals surface area contributed by atoms with Crippen LogP contribution >= 0.6 is 11.3 Å². The third kappa shape index (κ3) is 5.32. The second-order valence-corrected chi connectivity index (χ2v) is 10.8. The summed E-state index contributed by atoms with van der Waals surface area (Å²) in [7, 11) is 1.58. The number of nitrogens with zero attached hydrogens (tertiary/aromatic N) is 4. The number of fused-ring (bicyclic) bond motifs is 1. The quantitative estimate of drug-likeness (QED) is 0.253. The van der Waals surface area contributed by atoms with Gasteiger partial charge in [-0.15, -0.1) is 0 Å². The average molecular weight is 595 g/mol. The minimum atomic E-state index is -0.744. The van der Waals surface area contributed by atoms with E-state index >= 15 is 0 Å². The second kappa shape index (κ2) is 11.7. The Morgan fingerprint density at radius 2 is 1.77 bits per heavy atom. The molecule has 0 spiro atoms. The lowest BCUT2D eigenvalue weighted by Gasteiger charge is -2.24. The Balaban J connectivity index is 1.55. The Kier molecular flexibility index (Phi) is 7.60. The largest absolute Gasteiger partial charge is 0.497 e. The molecule has 6 rings (SSSR count). The number of thiazole rings is 1. The Morgan fingerprint density at radius 3 is 2.44 bits per heavy atom. The lowest BCUT2D eigenvalue weighted by molar-refractivity contribution is -0.139. The van der Waals surface area contributed by atoms with Crippen LogP contribution in [0.4, 0.5) is 4.39 Å². The van der Waals surface area contributed by atoms with E-state index in [1.165, 1.54) is 28.0 Å². The number of para-hydroxylation sites is 1. The van der Waals surface area contributed by atoms with Gasteiger partial charge in [0.05, 0.1) is 41.2 Å². The molecule has 1 aliphatic rings. The summed E-state index contributed by atoms with van der Waals surface area (Å²) in [5.41, 5.74) is 3.98. The summed E-state index contributed by atoms with van der Waals surface area (Å²) in [4.78, 5) is 32.4. The fraction of sp³-hybridized carbons (Fsp3) is 0.152. The van der Waals surface area contributed by atoms with Crippen LogP contribution < -0.4 is 19.6 Å². The normalized spacial score (nSPS) is 14.8. The van der Waals surface area contributed by atoms with Gasteiger partial charge >= 0.3 is 5.97 Å². The van der Waals surface area contributed by atoms with Crippen LogP contribution in [0.1, 0.15) is 31.0 Å². The Labute approximate surface area is 250 Å². The van der Waals surface area contributed by atoms with Gasteiger partial charge < -0.3 is 9.47 Å². The maximum Gasteiger partial charge on any atom is 0.338 e. The number of hydrogen-bond donors (Lipinski definition) is 0. The highest BCUT2D eigenvalue weighted by molar-refractivity contribution is 7.07. The maximum absolute atomic E-state index is 14.1. The molecule has 0 fully saturated rings. The van der Waals surface area contributed by atoms with Crippen molar-refractivity contribution in [2.45, 2.75) is 19.9 Å². The van der Waals surface area contributed by atoms with Crippen LogP contribution in [0.3, 0.4) is 0 Å². The van der Waals surface area contributed by atoms with Crippen LogP contribution in [0.2, 0.25) is 0 Å². The second-order valence-electron chi connectivity index (χ2n) is 9.80. The monoisotopic (exact) mass is 594 g/mol. The molecule has 0 saturated heterocycles. The summed E-state index contributed by atoms with van der Waals surface area (Å²) in [6, 6.07) is 22.1. The van der Waals surface area contributed by atoms with Crippen molar-refractivity contribution in [2.75, 3.05) is 13.7 Å². The molecular formula is C33H27FN4O4S. The number of ether oxygens (including phenoxy) is 2. The van der Waals surface area contributed by atoms with Crippen molar-refractivity contribution >= 4 is 23.4 Å². The molecule has 0 bridgehead atoms. The molecule has 1 aliphatic heterocycles. The number of benzene rings is 3. The predicted molar refractivity (Wildman–Crippen MR) is 162 cm³/mol. The zero-order valence-corrected chi connectivity index (χ0v) is 24.5. The number of aromatic nitrogens is 3. The highest BCUT2D eigenvalue weighted by Crippen LogP contribution is 2.32. The van der Waals surface area contributed by atoms with Gasteiger partial charge in [0.1, 0.15) is 17.3 Å². The number of carbonyl (C=O) groups is 1. The van der Waals surface area contributed by atoms with Crippen molar-refractivity contribution in [2.24, 2.45) is 4.99 Å². The summed E-state index contributed by atoms with van der Waals surface area (Å²) in [6.07, 6.45) is 3.60. The number of rotatable bonds is 7. The van der Waals surface area contributed by atoms with Gasteiger partial charge in [0.15, 0.2) is 4.80 Å². The van der Waals surface area contributed by atoms with Gasteiger partial charge in [-0.2, -0.15) is 5.10 Å². The Hall–Kier alpha value is -5.09. The van der Waals surface area contributed by atoms with Crippen molar-refractivity contribution < 1.29 is 18.7 Å². The van der Waals surface area contributed by atoms with E-state index in [1.54, 1.807) is 56.0 Å². The minimum Gasteiger partial charge on any atom is -0.497 e. The van der Waals surface area contributed by atoms with Crippen molar-refractivity contribution in [1.29, 1.82) is 0 Å². The molecule has 216 valence electrons. The third-order valence-electron chi connectivity index (χ3n) is 7.12. The number of allylic oxidation sites excluding steroid dienone is 1. The highest BCUT2D eigenvalue weighted by atomic mass is 32.1.